The smallest absolute Gasteiger partial charge is 0.175 e. The lowest BCUT2D eigenvalue weighted by Gasteiger charge is -2.16. The summed E-state index contributed by atoms with van der Waals surface area (Å²) < 4.78 is 12.8. The van der Waals surface area contributed by atoms with Crippen molar-refractivity contribution >= 4 is 38.6 Å². The molecule has 1 aromatic heterocycles. The zero-order chi connectivity index (χ0) is 22.3. The predicted molar refractivity (Wildman–Crippen MR) is 133 cm³/mol. The summed E-state index contributed by atoms with van der Waals surface area (Å²) in [6.07, 6.45) is 0.828. The molecule has 0 unspecified atom stereocenters. The highest BCUT2D eigenvalue weighted by molar-refractivity contribution is 9.10. The third-order valence-corrected chi connectivity index (χ3v) is 5.77. The van der Waals surface area contributed by atoms with Crippen LogP contribution in [0.15, 0.2) is 65.1 Å². The molecule has 0 bridgehead atoms. The van der Waals surface area contributed by atoms with Crippen LogP contribution in [0.25, 0.3) is 11.0 Å². The van der Waals surface area contributed by atoms with E-state index < -0.39 is 0 Å². The molecule has 1 heterocycles. The molecule has 32 heavy (non-hydrogen) atoms. The van der Waals surface area contributed by atoms with E-state index in [4.69, 9.17) is 21.1 Å². The molecule has 4 aromatic rings. The Hall–Kier alpha value is -2.54. The fourth-order valence-electron chi connectivity index (χ4n) is 3.47. The number of halogens is 2. The zero-order valence-electron chi connectivity index (χ0n) is 17.8. The van der Waals surface area contributed by atoms with E-state index in [1.165, 1.54) is 0 Å². The van der Waals surface area contributed by atoms with E-state index in [9.17, 15) is 0 Å². The van der Waals surface area contributed by atoms with Crippen LogP contribution in [0.3, 0.4) is 0 Å². The molecular formula is C25H25BrClN3O2. The summed E-state index contributed by atoms with van der Waals surface area (Å²) in [7, 11) is 0. The van der Waals surface area contributed by atoms with E-state index in [0.717, 1.165) is 51.2 Å². The molecule has 0 saturated heterocycles. The first-order chi connectivity index (χ1) is 15.6. The average molecular weight is 515 g/mol. The van der Waals surface area contributed by atoms with E-state index in [1.807, 2.05) is 61.5 Å². The number of hydrogen-bond donors (Lipinski definition) is 2. The first-order valence-electron chi connectivity index (χ1n) is 10.6. The summed E-state index contributed by atoms with van der Waals surface area (Å²) in [6, 6.07) is 19.8. The van der Waals surface area contributed by atoms with Crippen molar-refractivity contribution in [2.45, 2.75) is 26.5 Å². The second-order valence-electron chi connectivity index (χ2n) is 7.38. The van der Waals surface area contributed by atoms with Crippen LogP contribution >= 0.6 is 27.5 Å². The second-order valence-corrected chi connectivity index (χ2v) is 8.67. The lowest BCUT2D eigenvalue weighted by Crippen LogP contribution is -2.17. The van der Waals surface area contributed by atoms with Crippen molar-refractivity contribution in [3.8, 4) is 11.5 Å². The molecular weight excluding hydrogens is 490 g/mol. The SMILES string of the molecule is CCOc1cc(CNCCc2nc3ccccc3[nH]2)cc(Br)c1OCc1cccc(Cl)c1. The Labute approximate surface area is 201 Å². The zero-order valence-corrected chi connectivity index (χ0v) is 20.2. The number of nitrogens with zero attached hydrogens (tertiary/aromatic N) is 1. The van der Waals surface area contributed by atoms with Gasteiger partial charge in [-0.2, -0.15) is 0 Å². The Morgan fingerprint density at radius 2 is 1.91 bits per heavy atom. The van der Waals surface area contributed by atoms with Crippen LogP contribution in [0, 0.1) is 0 Å². The van der Waals surface area contributed by atoms with Gasteiger partial charge in [-0.1, -0.05) is 35.9 Å². The number of imidazole rings is 1. The first-order valence-corrected chi connectivity index (χ1v) is 11.8. The third-order valence-electron chi connectivity index (χ3n) is 4.95. The molecule has 0 aliphatic heterocycles. The molecule has 0 aliphatic carbocycles. The topological polar surface area (TPSA) is 59.2 Å². The van der Waals surface area contributed by atoms with Gasteiger partial charge in [0.2, 0.25) is 0 Å². The molecule has 166 valence electrons. The van der Waals surface area contributed by atoms with Gasteiger partial charge in [-0.3, -0.25) is 0 Å². The molecule has 7 heteroatoms. The molecule has 0 spiro atoms. The van der Waals surface area contributed by atoms with Gasteiger partial charge in [0.15, 0.2) is 11.5 Å². The van der Waals surface area contributed by atoms with Crippen LogP contribution in [-0.4, -0.2) is 23.1 Å². The summed E-state index contributed by atoms with van der Waals surface area (Å²) >= 11 is 9.72. The quantitative estimate of drug-likeness (QED) is 0.244. The third kappa shape index (κ3) is 5.82. The Morgan fingerprint density at radius 3 is 2.72 bits per heavy atom. The van der Waals surface area contributed by atoms with Crippen molar-refractivity contribution in [2.75, 3.05) is 13.2 Å². The number of fused-ring (bicyclic) bond motifs is 1. The summed E-state index contributed by atoms with van der Waals surface area (Å²) in [6.45, 7) is 4.46. The Bertz CT molecular complexity index is 1160. The summed E-state index contributed by atoms with van der Waals surface area (Å²) in [5.74, 6) is 2.40. The van der Waals surface area contributed by atoms with Gasteiger partial charge in [-0.05, 0) is 70.4 Å². The number of aromatic amines is 1. The van der Waals surface area contributed by atoms with Crippen molar-refractivity contribution in [3.63, 3.8) is 0 Å². The highest BCUT2D eigenvalue weighted by Crippen LogP contribution is 2.37. The van der Waals surface area contributed by atoms with Crippen LogP contribution < -0.4 is 14.8 Å². The van der Waals surface area contributed by atoms with Gasteiger partial charge in [-0.15, -0.1) is 0 Å². The van der Waals surface area contributed by atoms with Crippen LogP contribution in [-0.2, 0) is 19.6 Å². The van der Waals surface area contributed by atoms with E-state index in [0.29, 0.717) is 30.5 Å². The van der Waals surface area contributed by atoms with Gasteiger partial charge in [0, 0.05) is 24.5 Å². The van der Waals surface area contributed by atoms with E-state index in [-0.39, 0.29) is 0 Å². The Morgan fingerprint density at radius 1 is 1.03 bits per heavy atom. The average Bonchev–Trinajstić information content (AvgIpc) is 3.19. The Balaban J connectivity index is 1.37. The monoisotopic (exact) mass is 513 g/mol. The van der Waals surface area contributed by atoms with Crippen molar-refractivity contribution in [1.29, 1.82) is 0 Å². The van der Waals surface area contributed by atoms with Gasteiger partial charge in [0.25, 0.3) is 0 Å². The first kappa shape index (κ1) is 22.6. The van der Waals surface area contributed by atoms with Crippen molar-refractivity contribution < 1.29 is 9.47 Å². The largest absolute Gasteiger partial charge is 0.490 e. The van der Waals surface area contributed by atoms with Gasteiger partial charge < -0.3 is 19.8 Å². The number of aromatic nitrogens is 2. The highest BCUT2D eigenvalue weighted by atomic mass is 79.9. The van der Waals surface area contributed by atoms with Crippen molar-refractivity contribution in [2.24, 2.45) is 0 Å². The van der Waals surface area contributed by atoms with Gasteiger partial charge >= 0.3 is 0 Å². The molecule has 4 rings (SSSR count). The molecule has 0 fully saturated rings. The fraction of sp³-hybridized carbons (Fsp3) is 0.240. The summed E-state index contributed by atoms with van der Waals surface area (Å²) in [4.78, 5) is 7.99. The van der Waals surface area contributed by atoms with E-state index >= 15 is 0 Å². The minimum absolute atomic E-state index is 0.411. The van der Waals surface area contributed by atoms with Crippen LogP contribution in [0.1, 0.15) is 23.9 Å². The standard InChI is InChI=1S/C25H25BrClN3O2/c1-2-31-23-14-18(13-20(26)25(23)32-16-17-6-5-7-19(27)12-17)15-28-11-10-24-29-21-8-3-4-9-22(21)30-24/h3-9,12-14,28H,2,10-11,15-16H2,1H3,(H,29,30). The number of ether oxygens (including phenoxy) is 2. The molecule has 0 radical (unpaired) electrons. The van der Waals surface area contributed by atoms with Gasteiger partial charge in [-0.25, -0.2) is 4.98 Å². The number of nitrogens with one attached hydrogen (secondary N) is 2. The molecule has 2 N–H and O–H groups in total. The maximum absolute atomic E-state index is 6.08. The Kier molecular flexibility index (Phi) is 7.68. The molecule has 3 aromatic carbocycles. The lowest BCUT2D eigenvalue weighted by atomic mass is 10.2. The lowest BCUT2D eigenvalue weighted by molar-refractivity contribution is 0.267. The fourth-order valence-corrected chi connectivity index (χ4v) is 4.29. The van der Waals surface area contributed by atoms with Gasteiger partial charge in [0.05, 0.1) is 22.1 Å². The van der Waals surface area contributed by atoms with Crippen LogP contribution in [0.5, 0.6) is 11.5 Å². The number of para-hydroxylation sites is 2. The van der Waals surface area contributed by atoms with Crippen LogP contribution in [0.4, 0.5) is 0 Å². The number of benzene rings is 3. The molecule has 0 amide bonds. The second kappa shape index (κ2) is 10.9. The predicted octanol–water partition coefficient (Wildman–Crippen LogP) is 6.29. The minimum Gasteiger partial charge on any atom is -0.490 e. The molecule has 0 aliphatic rings. The van der Waals surface area contributed by atoms with Crippen molar-refractivity contribution in [1.82, 2.24) is 15.3 Å². The minimum atomic E-state index is 0.411. The summed E-state index contributed by atoms with van der Waals surface area (Å²) in [5, 5.41) is 4.18. The maximum atomic E-state index is 6.08. The van der Waals surface area contributed by atoms with Gasteiger partial charge in [0.1, 0.15) is 12.4 Å². The van der Waals surface area contributed by atoms with E-state index in [1.54, 1.807) is 0 Å². The number of hydrogen-bond acceptors (Lipinski definition) is 4. The summed E-state index contributed by atoms with van der Waals surface area (Å²) in [5.41, 5.74) is 4.19. The molecule has 5 nitrogen and oxygen atoms in total. The molecule has 0 atom stereocenters. The maximum Gasteiger partial charge on any atom is 0.175 e. The van der Waals surface area contributed by atoms with E-state index in [2.05, 4.69) is 37.3 Å². The number of rotatable bonds is 10. The van der Waals surface area contributed by atoms with Crippen LogP contribution in [0.2, 0.25) is 5.02 Å². The highest BCUT2D eigenvalue weighted by Gasteiger charge is 2.13. The number of H-pyrrole nitrogens is 1. The van der Waals surface area contributed by atoms with Crippen molar-refractivity contribution in [3.05, 3.63) is 87.1 Å². The molecule has 0 saturated carbocycles. The normalized spacial score (nSPS) is 11.1.